The zero-order chi connectivity index (χ0) is 21.8. The summed E-state index contributed by atoms with van der Waals surface area (Å²) in [6.07, 6.45) is 5.86. The summed E-state index contributed by atoms with van der Waals surface area (Å²) in [7, 11) is 0. The number of fused-ring (bicyclic) bond motifs is 7. The molecule has 0 aliphatic heterocycles. The molecule has 8 nitrogen and oxygen atoms in total. The molecule has 0 amide bonds. The number of aromatic carboxylic acids is 1. The maximum absolute atomic E-state index is 11.7. The lowest BCUT2D eigenvalue weighted by molar-refractivity contribution is -0.199. The van der Waals surface area contributed by atoms with Crippen LogP contribution in [0.15, 0.2) is 12.1 Å². The average molecular weight is 446 g/mol. The second kappa shape index (κ2) is 7.81. The highest BCUT2D eigenvalue weighted by Crippen LogP contribution is 2.60. The summed E-state index contributed by atoms with van der Waals surface area (Å²) in [5.74, 6) is 6.20. The number of nitrogens with two attached hydrogens (primary N) is 1. The van der Waals surface area contributed by atoms with Crippen molar-refractivity contribution < 1.29 is 23.4 Å². The fourth-order valence-electron chi connectivity index (χ4n) is 6.51. The van der Waals surface area contributed by atoms with E-state index < -0.39 is 5.97 Å². The molecule has 3 unspecified atom stereocenters. The first-order valence-corrected chi connectivity index (χ1v) is 11.5. The topological polar surface area (TPSA) is 120 Å². The maximum Gasteiger partial charge on any atom is 0.356 e. The van der Waals surface area contributed by atoms with E-state index in [-0.39, 0.29) is 11.1 Å². The number of carbonyl (C=O) groups is 1. The first kappa shape index (κ1) is 20.8. The summed E-state index contributed by atoms with van der Waals surface area (Å²) in [4.78, 5) is 15.8. The summed E-state index contributed by atoms with van der Waals surface area (Å²) in [5.41, 5.74) is 6.04. The molecule has 4 atom stereocenters. The second-order valence-electron chi connectivity index (χ2n) is 9.13. The summed E-state index contributed by atoms with van der Waals surface area (Å²) >= 11 is 0.714. The van der Waals surface area contributed by atoms with Gasteiger partial charge in [-0.2, -0.15) is 11.0 Å². The predicted molar refractivity (Wildman–Crippen MR) is 114 cm³/mol. The van der Waals surface area contributed by atoms with Gasteiger partial charge in [-0.25, -0.2) is 4.79 Å². The molecule has 1 aromatic carbocycles. The Labute approximate surface area is 185 Å². The Morgan fingerprint density at radius 1 is 1.42 bits per heavy atom. The Morgan fingerprint density at radius 2 is 2.26 bits per heavy atom. The zero-order valence-electron chi connectivity index (χ0n) is 17.6. The molecular weight excluding hydrogens is 418 g/mol. The van der Waals surface area contributed by atoms with Gasteiger partial charge in [-0.1, -0.05) is 19.9 Å². The molecule has 3 aliphatic rings. The lowest BCUT2D eigenvalue weighted by atomic mass is 9.55. The number of nitrogens with zero attached hydrogens (tertiary/aromatic N) is 1. The van der Waals surface area contributed by atoms with Gasteiger partial charge in [0, 0.05) is 16.7 Å². The molecule has 1 fully saturated rings. The zero-order valence-corrected chi connectivity index (χ0v) is 18.5. The molecule has 1 heterocycles. The van der Waals surface area contributed by atoms with E-state index in [1.807, 2.05) is 0 Å². The van der Waals surface area contributed by atoms with Gasteiger partial charge in [-0.15, -0.1) is 9.32 Å². The number of benzene rings is 1. The van der Waals surface area contributed by atoms with Gasteiger partial charge in [-0.3, -0.25) is 5.10 Å². The molecule has 2 aromatic rings. The smallest absolute Gasteiger partial charge is 0.356 e. The van der Waals surface area contributed by atoms with Crippen molar-refractivity contribution in [1.29, 1.82) is 0 Å². The van der Waals surface area contributed by atoms with Crippen LogP contribution in [0, 0.1) is 11.8 Å². The van der Waals surface area contributed by atoms with E-state index in [0.717, 1.165) is 61.1 Å². The molecule has 166 valence electrons. The second-order valence-corrected chi connectivity index (χ2v) is 9.57. The number of aryl methyl sites for hydroxylation is 2. The fourth-order valence-corrected chi connectivity index (χ4v) is 6.79. The molecule has 4 N–H and O–H groups in total. The highest BCUT2D eigenvalue weighted by molar-refractivity contribution is 7.90. The van der Waals surface area contributed by atoms with Crippen molar-refractivity contribution in [3.05, 3.63) is 45.8 Å². The molecule has 0 bridgehead atoms. The standard InChI is InChI=1S/C22H27N3O5S/c1-3-11-8-15-12(9-18(11)28-31-30-29-23)4-5-14-13(15)6-7-22(2)17(14)10-16-19(21(26)27)24-25-20(16)22/h8-9,13-14,17H,3-7,10,23H2,1-2H3,(H,24,25)(H,26,27)/t13?,14?,17?,22-/m0/s1. The van der Waals surface area contributed by atoms with E-state index in [1.165, 1.54) is 11.1 Å². The number of hydrogen-bond acceptors (Lipinski definition) is 7. The molecular formula is C22H27N3O5S. The SMILES string of the molecule is CCc1cc2c(cc1OSOON)CCC1C2CC[C@]2(C)c3[nH]nc(C(=O)O)c3CC12. The van der Waals surface area contributed by atoms with Crippen molar-refractivity contribution in [1.82, 2.24) is 10.2 Å². The van der Waals surface area contributed by atoms with E-state index in [1.54, 1.807) is 0 Å². The van der Waals surface area contributed by atoms with Crippen molar-refractivity contribution in [2.45, 2.75) is 63.7 Å². The third-order valence-electron chi connectivity index (χ3n) is 7.93. The van der Waals surface area contributed by atoms with E-state index in [9.17, 15) is 9.90 Å². The van der Waals surface area contributed by atoms with Gasteiger partial charge in [0.15, 0.2) is 5.69 Å². The minimum absolute atomic E-state index is 0.0262. The molecule has 31 heavy (non-hydrogen) atoms. The highest BCUT2D eigenvalue weighted by Gasteiger charge is 2.55. The molecule has 1 saturated carbocycles. The van der Waals surface area contributed by atoms with Crippen molar-refractivity contribution in [2.75, 3.05) is 0 Å². The quantitative estimate of drug-likeness (QED) is 0.264. The van der Waals surface area contributed by atoms with E-state index in [2.05, 4.69) is 45.5 Å². The van der Waals surface area contributed by atoms with Crippen LogP contribution in [0.5, 0.6) is 5.75 Å². The van der Waals surface area contributed by atoms with Gasteiger partial charge in [0.05, 0.1) is 0 Å². The van der Waals surface area contributed by atoms with E-state index in [4.69, 9.17) is 10.1 Å². The Hall–Kier alpha value is -2.07. The maximum atomic E-state index is 11.7. The number of H-pyrrole nitrogens is 1. The van der Waals surface area contributed by atoms with Crippen LogP contribution in [-0.2, 0) is 34.0 Å². The number of aromatic nitrogens is 2. The number of carboxylic acid groups (broad SMARTS) is 1. The molecule has 5 rings (SSSR count). The minimum Gasteiger partial charge on any atom is -0.476 e. The molecule has 1 aromatic heterocycles. The van der Waals surface area contributed by atoms with Gasteiger partial charge < -0.3 is 9.29 Å². The molecule has 0 spiro atoms. The Kier molecular flexibility index (Phi) is 5.24. The van der Waals surface area contributed by atoms with Crippen LogP contribution in [0.2, 0.25) is 0 Å². The number of aromatic amines is 1. The number of carboxylic acids is 1. The van der Waals surface area contributed by atoms with Crippen molar-refractivity contribution in [3.8, 4) is 5.75 Å². The fraction of sp³-hybridized carbons (Fsp3) is 0.545. The van der Waals surface area contributed by atoms with Crippen molar-refractivity contribution in [3.63, 3.8) is 0 Å². The lowest BCUT2D eigenvalue weighted by Crippen LogP contribution is -2.43. The monoisotopic (exact) mass is 445 g/mol. The van der Waals surface area contributed by atoms with Crippen LogP contribution in [0.3, 0.4) is 0 Å². The molecule has 3 aliphatic carbocycles. The van der Waals surface area contributed by atoms with E-state index in [0.29, 0.717) is 30.1 Å². The number of rotatable bonds is 6. The number of nitrogens with one attached hydrogen (secondary N) is 1. The Morgan fingerprint density at radius 3 is 3.00 bits per heavy atom. The Balaban J connectivity index is 1.46. The van der Waals surface area contributed by atoms with Gasteiger partial charge in [0.25, 0.3) is 12.3 Å². The van der Waals surface area contributed by atoms with Gasteiger partial charge >= 0.3 is 5.97 Å². The summed E-state index contributed by atoms with van der Waals surface area (Å²) in [5, 5.41) is 16.8. The van der Waals surface area contributed by atoms with Crippen LogP contribution < -0.4 is 10.1 Å². The van der Waals surface area contributed by atoms with Crippen LogP contribution in [-0.4, -0.2) is 21.3 Å². The first-order valence-electron chi connectivity index (χ1n) is 10.8. The third-order valence-corrected chi connectivity index (χ3v) is 8.31. The summed E-state index contributed by atoms with van der Waals surface area (Å²) in [6, 6.07) is 4.43. The first-order chi connectivity index (χ1) is 15.0. The van der Waals surface area contributed by atoms with Crippen LogP contribution >= 0.6 is 12.3 Å². The summed E-state index contributed by atoms with van der Waals surface area (Å²) in [6.45, 7) is 4.41. The van der Waals surface area contributed by atoms with Gasteiger partial charge in [0.1, 0.15) is 5.75 Å². The summed E-state index contributed by atoms with van der Waals surface area (Å²) < 4.78 is 10.2. The van der Waals surface area contributed by atoms with E-state index >= 15 is 0 Å². The Bertz CT molecular complexity index is 1020. The lowest BCUT2D eigenvalue weighted by Gasteiger charge is -2.49. The third kappa shape index (κ3) is 3.17. The van der Waals surface area contributed by atoms with Crippen LogP contribution in [0.25, 0.3) is 0 Å². The van der Waals surface area contributed by atoms with Gasteiger partial charge in [0.2, 0.25) is 0 Å². The predicted octanol–water partition coefficient (Wildman–Crippen LogP) is 4.00. The van der Waals surface area contributed by atoms with Crippen molar-refractivity contribution in [2.24, 2.45) is 17.7 Å². The minimum atomic E-state index is -0.938. The molecule has 0 saturated heterocycles. The number of hydrogen-bond donors (Lipinski definition) is 3. The van der Waals surface area contributed by atoms with Gasteiger partial charge in [-0.05, 0) is 79.0 Å². The molecule has 0 radical (unpaired) electrons. The largest absolute Gasteiger partial charge is 0.476 e. The molecule has 9 heteroatoms. The average Bonchev–Trinajstić information content (AvgIpc) is 3.31. The highest BCUT2D eigenvalue weighted by atomic mass is 32.2. The van der Waals surface area contributed by atoms with Crippen LogP contribution in [0.4, 0.5) is 0 Å². The van der Waals surface area contributed by atoms with Crippen molar-refractivity contribution >= 4 is 18.3 Å². The van der Waals surface area contributed by atoms with Crippen LogP contribution in [0.1, 0.15) is 77.5 Å². The normalized spacial score (nSPS) is 28.4.